The standard InChI is InChI=1S/C19H19N3O2/c23-17-10-4-1-6-13(17)12-18(24)22-11-5-9-16(22)19-20-14-7-2-3-8-15(14)21-19/h1-4,6-8,10,16,23H,5,9,11-12H2,(H,20,21). The molecule has 2 aromatic carbocycles. The van der Waals surface area contributed by atoms with E-state index in [2.05, 4.69) is 9.97 Å². The third-order valence-corrected chi connectivity index (χ3v) is 4.63. The normalized spacial score (nSPS) is 17.5. The van der Waals surface area contributed by atoms with Crippen LogP contribution in [0.2, 0.25) is 0 Å². The van der Waals surface area contributed by atoms with Crippen molar-refractivity contribution in [1.29, 1.82) is 0 Å². The lowest BCUT2D eigenvalue weighted by Gasteiger charge is -2.23. The smallest absolute Gasteiger partial charge is 0.227 e. The summed E-state index contributed by atoms with van der Waals surface area (Å²) in [5.74, 6) is 1.05. The van der Waals surface area contributed by atoms with E-state index >= 15 is 0 Å². The molecule has 3 aromatic rings. The van der Waals surface area contributed by atoms with E-state index in [1.165, 1.54) is 0 Å². The first-order chi connectivity index (χ1) is 11.7. The summed E-state index contributed by atoms with van der Waals surface area (Å²) in [7, 11) is 0. The van der Waals surface area contributed by atoms with Crippen LogP contribution >= 0.6 is 0 Å². The molecule has 24 heavy (non-hydrogen) atoms. The zero-order valence-corrected chi connectivity index (χ0v) is 13.3. The van der Waals surface area contributed by atoms with Crippen molar-refractivity contribution in [3.05, 3.63) is 59.9 Å². The number of benzene rings is 2. The lowest BCUT2D eigenvalue weighted by atomic mass is 10.1. The van der Waals surface area contributed by atoms with Crippen LogP contribution < -0.4 is 0 Å². The summed E-state index contributed by atoms with van der Waals surface area (Å²) in [6.45, 7) is 0.730. The van der Waals surface area contributed by atoms with E-state index in [1.807, 2.05) is 35.2 Å². The number of rotatable bonds is 3. The van der Waals surface area contributed by atoms with Crippen LogP contribution in [0.1, 0.15) is 30.3 Å². The fourth-order valence-corrected chi connectivity index (χ4v) is 3.40. The zero-order valence-electron chi connectivity index (χ0n) is 13.3. The number of phenolic OH excluding ortho intramolecular Hbond substituents is 1. The molecule has 1 aliphatic rings. The zero-order chi connectivity index (χ0) is 16.5. The minimum absolute atomic E-state index is 0.0178. The number of carbonyl (C=O) groups is 1. The first-order valence-corrected chi connectivity index (χ1v) is 8.23. The van der Waals surface area contributed by atoms with Crippen LogP contribution in [0.4, 0.5) is 0 Å². The number of aromatic hydroxyl groups is 1. The van der Waals surface area contributed by atoms with E-state index < -0.39 is 0 Å². The lowest BCUT2D eigenvalue weighted by molar-refractivity contribution is -0.131. The Morgan fingerprint density at radius 2 is 2.00 bits per heavy atom. The van der Waals surface area contributed by atoms with Crippen molar-refractivity contribution < 1.29 is 9.90 Å². The highest BCUT2D eigenvalue weighted by Gasteiger charge is 2.32. The van der Waals surface area contributed by atoms with Gasteiger partial charge in [-0.25, -0.2) is 4.98 Å². The Bertz CT molecular complexity index is 854. The van der Waals surface area contributed by atoms with Crippen LogP contribution in [0.15, 0.2) is 48.5 Å². The fourth-order valence-electron chi connectivity index (χ4n) is 3.40. The quantitative estimate of drug-likeness (QED) is 0.778. The summed E-state index contributed by atoms with van der Waals surface area (Å²) in [6.07, 6.45) is 2.09. The Morgan fingerprint density at radius 1 is 1.21 bits per heavy atom. The topological polar surface area (TPSA) is 69.2 Å². The number of aromatic nitrogens is 2. The molecule has 1 fully saturated rings. The fraction of sp³-hybridized carbons (Fsp3) is 0.263. The van der Waals surface area contributed by atoms with Crippen molar-refractivity contribution in [1.82, 2.24) is 14.9 Å². The number of nitrogens with one attached hydrogen (secondary N) is 1. The van der Waals surface area contributed by atoms with Gasteiger partial charge in [0.1, 0.15) is 11.6 Å². The Hall–Kier alpha value is -2.82. The van der Waals surface area contributed by atoms with E-state index in [9.17, 15) is 9.90 Å². The van der Waals surface area contributed by atoms with Gasteiger partial charge in [-0.05, 0) is 31.0 Å². The number of fused-ring (bicyclic) bond motifs is 1. The molecule has 2 heterocycles. The maximum Gasteiger partial charge on any atom is 0.227 e. The molecule has 5 nitrogen and oxygen atoms in total. The number of amides is 1. The van der Waals surface area contributed by atoms with Crippen molar-refractivity contribution in [2.75, 3.05) is 6.54 Å². The molecule has 0 spiro atoms. The molecule has 122 valence electrons. The second kappa shape index (κ2) is 6.00. The molecule has 0 radical (unpaired) electrons. The Kier molecular flexibility index (Phi) is 3.69. The molecule has 0 bridgehead atoms. The lowest BCUT2D eigenvalue weighted by Crippen LogP contribution is -2.32. The number of hydrogen-bond donors (Lipinski definition) is 2. The maximum absolute atomic E-state index is 12.7. The maximum atomic E-state index is 12.7. The number of para-hydroxylation sites is 3. The average Bonchev–Trinajstić information content (AvgIpc) is 3.23. The van der Waals surface area contributed by atoms with Gasteiger partial charge in [0.05, 0.1) is 23.5 Å². The first kappa shape index (κ1) is 14.8. The number of aromatic amines is 1. The highest BCUT2D eigenvalue weighted by atomic mass is 16.3. The van der Waals surface area contributed by atoms with Gasteiger partial charge in [0.2, 0.25) is 5.91 Å². The van der Waals surface area contributed by atoms with E-state index in [4.69, 9.17) is 0 Å². The largest absolute Gasteiger partial charge is 0.508 e. The van der Waals surface area contributed by atoms with Gasteiger partial charge in [0.25, 0.3) is 0 Å². The van der Waals surface area contributed by atoms with Crippen LogP contribution in [0.25, 0.3) is 11.0 Å². The third kappa shape index (κ3) is 2.62. The molecule has 4 rings (SSSR count). The molecule has 1 amide bonds. The van der Waals surface area contributed by atoms with Gasteiger partial charge in [-0.3, -0.25) is 4.79 Å². The van der Waals surface area contributed by atoms with Crippen molar-refractivity contribution in [3.8, 4) is 5.75 Å². The molecule has 1 atom stereocenters. The van der Waals surface area contributed by atoms with Crippen LogP contribution in [-0.2, 0) is 11.2 Å². The molecule has 0 saturated carbocycles. The molecule has 0 aliphatic carbocycles. The van der Waals surface area contributed by atoms with E-state index in [0.717, 1.165) is 36.2 Å². The molecule has 1 aromatic heterocycles. The second-order valence-electron chi connectivity index (χ2n) is 6.19. The first-order valence-electron chi connectivity index (χ1n) is 8.23. The molecule has 1 aliphatic heterocycles. The summed E-state index contributed by atoms with van der Waals surface area (Å²) in [6, 6.07) is 14.9. The van der Waals surface area contributed by atoms with Gasteiger partial charge in [-0.2, -0.15) is 0 Å². The van der Waals surface area contributed by atoms with Crippen molar-refractivity contribution in [2.45, 2.75) is 25.3 Å². The number of likely N-dealkylation sites (tertiary alicyclic amines) is 1. The van der Waals surface area contributed by atoms with E-state index in [1.54, 1.807) is 18.2 Å². The molecule has 2 N–H and O–H groups in total. The predicted octanol–water partition coefficient (Wildman–Crippen LogP) is 3.17. The summed E-state index contributed by atoms with van der Waals surface area (Å²) < 4.78 is 0. The van der Waals surface area contributed by atoms with Crippen LogP contribution in [0.5, 0.6) is 5.75 Å². The summed E-state index contributed by atoms with van der Waals surface area (Å²) in [5, 5.41) is 9.89. The van der Waals surface area contributed by atoms with Gasteiger partial charge in [-0.1, -0.05) is 30.3 Å². The molecule has 1 unspecified atom stereocenters. The second-order valence-corrected chi connectivity index (χ2v) is 6.19. The monoisotopic (exact) mass is 321 g/mol. The van der Waals surface area contributed by atoms with E-state index in [0.29, 0.717) is 5.56 Å². The van der Waals surface area contributed by atoms with Crippen LogP contribution in [0.3, 0.4) is 0 Å². The number of hydrogen-bond acceptors (Lipinski definition) is 3. The number of carbonyl (C=O) groups excluding carboxylic acids is 1. The number of phenols is 1. The SMILES string of the molecule is O=C(Cc1ccccc1O)N1CCCC1c1nc2ccccc2[nH]1. The van der Waals surface area contributed by atoms with Crippen molar-refractivity contribution in [2.24, 2.45) is 0 Å². The number of H-pyrrole nitrogens is 1. The number of imidazole rings is 1. The summed E-state index contributed by atoms with van der Waals surface area (Å²) in [4.78, 5) is 22.6. The highest BCUT2D eigenvalue weighted by molar-refractivity contribution is 5.80. The van der Waals surface area contributed by atoms with Gasteiger partial charge in [0, 0.05) is 12.1 Å². The Balaban J connectivity index is 1.58. The van der Waals surface area contributed by atoms with Crippen LogP contribution in [-0.4, -0.2) is 32.4 Å². The highest BCUT2D eigenvalue weighted by Crippen LogP contribution is 2.32. The van der Waals surface area contributed by atoms with Crippen molar-refractivity contribution >= 4 is 16.9 Å². The molecule has 5 heteroatoms. The predicted molar refractivity (Wildman–Crippen MR) is 91.6 cm³/mol. The van der Waals surface area contributed by atoms with Gasteiger partial charge < -0.3 is 15.0 Å². The molecule has 1 saturated heterocycles. The number of nitrogens with zero attached hydrogens (tertiary/aromatic N) is 2. The Morgan fingerprint density at radius 3 is 2.83 bits per heavy atom. The van der Waals surface area contributed by atoms with Gasteiger partial charge in [0.15, 0.2) is 0 Å². The molecular formula is C19H19N3O2. The minimum atomic E-state index is -0.0178. The summed E-state index contributed by atoms with van der Waals surface area (Å²) in [5.41, 5.74) is 2.58. The van der Waals surface area contributed by atoms with Gasteiger partial charge >= 0.3 is 0 Å². The molecular weight excluding hydrogens is 302 g/mol. The third-order valence-electron chi connectivity index (χ3n) is 4.63. The van der Waals surface area contributed by atoms with Gasteiger partial charge in [-0.15, -0.1) is 0 Å². The Labute approximate surface area is 139 Å². The minimum Gasteiger partial charge on any atom is -0.508 e. The average molecular weight is 321 g/mol. The van der Waals surface area contributed by atoms with Crippen molar-refractivity contribution in [3.63, 3.8) is 0 Å². The van der Waals surface area contributed by atoms with Crippen LogP contribution in [0, 0.1) is 0 Å². The van der Waals surface area contributed by atoms with E-state index in [-0.39, 0.29) is 24.1 Å². The summed E-state index contributed by atoms with van der Waals surface area (Å²) >= 11 is 0.